The fourth-order valence-electron chi connectivity index (χ4n) is 3.52. The van der Waals surface area contributed by atoms with Crippen LogP contribution >= 0.6 is 0 Å². The Morgan fingerprint density at radius 3 is 2.72 bits per heavy atom. The van der Waals surface area contributed by atoms with Crippen LogP contribution in [0.25, 0.3) is 0 Å². The van der Waals surface area contributed by atoms with Crippen molar-refractivity contribution in [2.24, 2.45) is 5.73 Å². The van der Waals surface area contributed by atoms with Crippen molar-refractivity contribution in [2.75, 3.05) is 19.7 Å². The molecule has 3 N–H and O–H groups in total. The van der Waals surface area contributed by atoms with Crippen LogP contribution in [0.15, 0.2) is 24.3 Å². The summed E-state index contributed by atoms with van der Waals surface area (Å²) >= 11 is 0. The lowest BCUT2D eigenvalue weighted by Gasteiger charge is -2.26. The number of piperidine rings is 1. The number of rotatable bonds is 5. The predicted octanol–water partition coefficient (Wildman–Crippen LogP) is 1.69. The molecule has 1 saturated heterocycles. The van der Waals surface area contributed by atoms with Crippen LogP contribution in [-0.4, -0.2) is 48.5 Å². The minimum absolute atomic E-state index is 0.00879. The van der Waals surface area contributed by atoms with Crippen molar-refractivity contribution in [2.45, 2.75) is 50.6 Å². The zero-order chi connectivity index (χ0) is 17.6. The molecule has 6 heteroatoms. The number of ether oxygens (including phenoxy) is 1. The number of nitrogens with zero attached hydrogens (tertiary/aromatic N) is 1. The van der Waals surface area contributed by atoms with Crippen LogP contribution in [0.2, 0.25) is 0 Å². The lowest BCUT2D eigenvalue weighted by Crippen LogP contribution is -2.38. The summed E-state index contributed by atoms with van der Waals surface area (Å²) in [6.07, 6.45) is 6.01. The molecule has 1 aliphatic carbocycles. The van der Waals surface area contributed by atoms with E-state index in [0.717, 1.165) is 45.2 Å². The summed E-state index contributed by atoms with van der Waals surface area (Å²) in [7, 11) is 0. The SMILES string of the molecule is N[C@@H]1CC[C@@H](NC(=O)c2cccc(OCC(=O)N3CCCCC3)c2)C1. The van der Waals surface area contributed by atoms with E-state index in [1.807, 2.05) is 4.90 Å². The van der Waals surface area contributed by atoms with Crippen LogP contribution in [0.1, 0.15) is 48.9 Å². The molecular formula is C19H27N3O3. The van der Waals surface area contributed by atoms with Gasteiger partial charge in [0.2, 0.25) is 0 Å². The van der Waals surface area contributed by atoms with Gasteiger partial charge >= 0.3 is 0 Å². The van der Waals surface area contributed by atoms with E-state index in [2.05, 4.69) is 5.32 Å². The molecule has 0 spiro atoms. The second-order valence-corrected chi connectivity index (χ2v) is 7.00. The minimum atomic E-state index is -0.119. The van der Waals surface area contributed by atoms with Gasteiger partial charge in [0.05, 0.1) is 0 Å². The monoisotopic (exact) mass is 345 g/mol. The van der Waals surface area contributed by atoms with Gasteiger partial charge in [0.25, 0.3) is 11.8 Å². The molecule has 0 radical (unpaired) electrons. The molecule has 1 saturated carbocycles. The molecule has 1 aromatic rings. The molecule has 1 aromatic carbocycles. The third-order valence-corrected chi connectivity index (χ3v) is 4.98. The molecule has 2 amide bonds. The fraction of sp³-hybridized carbons (Fsp3) is 0.579. The van der Waals surface area contributed by atoms with Crippen LogP contribution in [0, 0.1) is 0 Å². The smallest absolute Gasteiger partial charge is 0.260 e. The topological polar surface area (TPSA) is 84.7 Å². The van der Waals surface area contributed by atoms with Gasteiger partial charge < -0.3 is 20.7 Å². The second-order valence-electron chi connectivity index (χ2n) is 7.00. The number of carbonyl (C=O) groups is 2. The van der Waals surface area contributed by atoms with Crippen LogP contribution in [0.5, 0.6) is 5.75 Å². The van der Waals surface area contributed by atoms with Crippen molar-refractivity contribution < 1.29 is 14.3 Å². The van der Waals surface area contributed by atoms with Crippen molar-refractivity contribution in [3.63, 3.8) is 0 Å². The molecule has 6 nitrogen and oxygen atoms in total. The second kappa shape index (κ2) is 8.34. The van der Waals surface area contributed by atoms with Crippen LogP contribution < -0.4 is 15.8 Å². The molecule has 1 aliphatic heterocycles. The van der Waals surface area contributed by atoms with Crippen molar-refractivity contribution in [3.8, 4) is 5.75 Å². The largest absolute Gasteiger partial charge is 0.484 e. The Morgan fingerprint density at radius 1 is 1.20 bits per heavy atom. The van der Waals surface area contributed by atoms with Gasteiger partial charge in [-0.25, -0.2) is 0 Å². The highest BCUT2D eigenvalue weighted by atomic mass is 16.5. The van der Waals surface area contributed by atoms with Gasteiger partial charge in [-0.05, 0) is 56.7 Å². The molecule has 2 atom stereocenters. The first-order valence-corrected chi connectivity index (χ1v) is 9.19. The van der Waals surface area contributed by atoms with E-state index in [9.17, 15) is 9.59 Å². The molecule has 0 aromatic heterocycles. The van der Waals surface area contributed by atoms with Crippen LogP contribution in [0.3, 0.4) is 0 Å². The van der Waals surface area contributed by atoms with Gasteiger partial charge in [0.1, 0.15) is 5.75 Å². The van der Waals surface area contributed by atoms with Crippen LogP contribution in [0.4, 0.5) is 0 Å². The molecule has 3 rings (SSSR count). The highest BCUT2D eigenvalue weighted by Gasteiger charge is 2.23. The van der Waals surface area contributed by atoms with E-state index in [1.54, 1.807) is 24.3 Å². The van der Waals surface area contributed by atoms with E-state index in [-0.39, 0.29) is 30.5 Å². The average molecular weight is 345 g/mol. The molecule has 25 heavy (non-hydrogen) atoms. The van der Waals surface area contributed by atoms with E-state index in [4.69, 9.17) is 10.5 Å². The van der Waals surface area contributed by atoms with Crippen LogP contribution in [-0.2, 0) is 4.79 Å². The first-order valence-electron chi connectivity index (χ1n) is 9.19. The maximum Gasteiger partial charge on any atom is 0.260 e. The number of carbonyl (C=O) groups excluding carboxylic acids is 2. The summed E-state index contributed by atoms with van der Waals surface area (Å²) in [6.45, 7) is 1.64. The van der Waals surface area contributed by atoms with E-state index in [1.165, 1.54) is 6.42 Å². The number of benzene rings is 1. The molecular weight excluding hydrogens is 318 g/mol. The Bertz CT molecular complexity index is 614. The molecule has 2 fully saturated rings. The highest BCUT2D eigenvalue weighted by molar-refractivity contribution is 5.94. The lowest BCUT2D eigenvalue weighted by molar-refractivity contribution is -0.134. The minimum Gasteiger partial charge on any atom is -0.484 e. The predicted molar refractivity (Wildman–Crippen MR) is 95.4 cm³/mol. The summed E-state index contributed by atoms with van der Waals surface area (Å²) in [5, 5.41) is 3.02. The van der Waals surface area contributed by atoms with E-state index in [0.29, 0.717) is 11.3 Å². The summed E-state index contributed by atoms with van der Waals surface area (Å²) in [5.41, 5.74) is 6.43. The molecule has 2 aliphatic rings. The fourth-order valence-corrected chi connectivity index (χ4v) is 3.52. The van der Waals surface area contributed by atoms with E-state index >= 15 is 0 Å². The van der Waals surface area contributed by atoms with Gasteiger partial charge in [0, 0.05) is 30.7 Å². The quantitative estimate of drug-likeness (QED) is 0.850. The summed E-state index contributed by atoms with van der Waals surface area (Å²) < 4.78 is 5.61. The number of nitrogens with two attached hydrogens (primary N) is 1. The number of hydrogen-bond donors (Lipinski definition) is 2. The summed E-state index contributed by atoms with van der Waals surface area (Å²) in [5.74, 6) is 0.433. The number of nitrogens with one attached hydrogen (secondary N) is 1. The maximum absolute atomic E-state index is 12.4. The Kier molecular flexibility index (Phi) is 5.91. The Balaban J connectivity index is 1.52. The van der Waals surface area contributed by atoms with Crippen molar-refractivity contribution in [1.82, 2.24) is 10.2 Å². The maximum atomic E-state index is 12.4. The van der Waals surface area contributed by atoms with Gasteiger partial charge in [-0.3, -0.25) is 9.59 Å². The number of likely N-dealkylation sites (tertiary alicyclic amines) is 1. The normalized spacial score (nSPS) is 23.3. The molecule has 136 valence electrons. The standard InChI is InChI=1S/C19H27N3O3/c20-15-7-8-16(12-15)21-19(24)14-5-4-6-17(11-14)25-13-18(23)22-9-2-1-3-10-22/h4-6,11,15-16H,1-3,7-10,12-13,20H2,(H,21,24)/t15-,16-/m1/s1. The van der Waals surface area contributed by atoms with Crippen molar-refractivity contribution in [3.05, 3.63) is 29.8 Å². The lowest BCUT2D eigenvalue weighted by atomic mass is 10.1. The zero-order valence-corrected chi connectivity index (χ0v) is 14.6. The summed E-state index contributed by atoms with van der Waals surface area (Å²) in [6, 6.07) is 7.31. The Labute approximate surface area is 148 Å². The first-order chi connectivity index (χ1) is 12.1. The molecule has 0 bridgehead atoms. The number of hydrogen-bond acceptors (Lipinski definition) is 4. The first kappa shape index (κ1) is 17.7. The third kappa shape index (κ3) is 4.95. The van der Waals surface area contributed by atoms with Gasteiger partial charge in [-0.2, -0.15) is 0 Å². The molecule has 0 unspecified atom stereocenters. The Morgan fingerprint density at radius 2 is 2.00 bits per heavy atom. The number of amides is 2. The van der Waals surface area contributed by atoms with E-state index < -0.39 is 0 Å². The average Bonchev–Trinajstić information content (AvgIpc) is 3.05. The zero-order valence-electron chi connectivity index (χ0n) is 14.6. The van der Waals surface area contributed by atoms with Crippen molar-refractivity contribution >= 4 is 11.8 Å². The molecule has 1 heterocycles. The highest BCUT2D eigenvalue weighted by Crippen LogP contribution is 2.19. The summed E-state index contributed by atoms with van der Waals surface area (Å²) in [4.78, 5) is 26.4. The van der Waals surface area contributed by atoms with Crippen molar-refractivity contribution in [1.29, 1.82) is 0 Å². The Hall–Kier alpha value is -2.08. The van der Waals surface area contributed by atoms with Gasteiger partial charge in [-0.15, -0.1) is 0 Å². The van der Waals surface area contributed by atoms with Gasteiger partial charge in [-0.1, -0.05) is 6.07 Å². The third-order valence-electron chi connectivity index (χ3n) is 4.98. The van der Waals surface area contributed by atoms with Gasteiger partial charge in [0.15, 0.2) is 6.61 Å².